The molecule has 4 heteroatoms. The Bertz CT molecular complexity index is 458. The largest absolute Gasteiger partial charge is 0.350 e. The summed E-state index contributed by atoms with van der Waals surface area (Å²) in [6.07, 6.45) is 12.8. The normalized spacial score (nSPS) is 26.9. The smallest absolute Gasteiger partial charge is 0.241 e. The van der Waals surface area contributed by atoms with Gasteiger partial charge in [-0.3, -0.25) is 9.59 Å². The van der Waals surface area contributed by atoms with E-state index in [-0.39, 0.29) is 17.9 Å². The Balaban J connectivity index is 0.000000590. The zero-order valence-electron chi connectivity index (χ0n) is 21.5. The summed E-state index contributed by atoms with van der Waals surface area (Å²) in [6.45, 7) is 19.6. The van der Waals surface area contributed by atoms with Crippen LogP contribution in [-0.2, 0) is 9.59 Å². The van der Waals surface area contributed by atoms with Crippen LogP contribution in [0.15, 0.2) is 0 Å². The van der Waals surface area contributed by atoms with E-state index >= 15 is 0 Å². The third kappa shape index (κ3) is 12.0. The minimum Gasteiger partial charge on any atom is -0.350 e. The first-order valence-electron chi connectivity index (χ1n) is 12.6. The number of hydrogen-bond acceptors (Lipinski definition) is 2. The van der Waals surface area contributed by atoms with Crippen molar-refractivity contribution in [2.45, 2.75) is 113 Å². The summed E-state index contributed by atoms with van der Waals surface area (Å²) in [7, 11) is 0. The molecule has 1 aliphatic carbocycles. The molecule has 2 amide bonds. The van der Waals surface area contributed by atoms with E-state index in [1.807, 2.05) is 18.7 Å². The van der Waals surface area contributed by atoms with Gasteiger partial charge < -0.3 is 10.2 Å². The average Bonchev–Trinajstić information content (AvgIpc) is 3.08. The molecular weight excluding hydrogens is 372 g/mol. The molecule has 1 aliphatic heterocycles. The number of amides is 2. The topological polar surface area (TPSA) is 49.4 Å². The van der Waals surface area contributed by atoms with E-state index in [4.69, 9.17) is 0 Å². The highest BCUT2D eigenvalue weighted by Crippen LogP contribution is 2.42. The van der Waals surface area contributed by atoms with Crippen LogP contribution in [0.1, 0.15) is 113 Å². The molecule has 1 heterocycles. The van der Waals surface area contributed by atoms with Crippen molar-refractivity contribution >= 4 is 12.3 Å². The minimum absolute atomic E-state index is 0.0279. The Hall–Kier alpha value is -1.06. The molecule has 0 aromatic heterocycles. The van der Waals surface area contributed by atoms with E-state index in [2.05, 4.69) is 46.9 Å². The molecule has 0 radical (unpaired) electrons. The Labute approximate surface area is 187 Å². The Morgan fingerprint density at radius 3 is 2.03 bits per heavy atom. The van der Waals surface area contributed by atoms with Crippen molar-refractivity contribution in [3.63, 3.8) is 0 Å². The minimum atomic E-state index is 0.0279. The van der Waals surface area contributed by atoms with Crippen molar-refractivity contribution in [1.82, 2.24) is 10.2 Å². The summed E-state index contributed by atoms with van der Waals surface area (Å²) >= 11 is 0. The van der Waals surface area contributed by atoms with E-state index in [1.165, 1.54) is 38.5 Å². The summed E-state index contributed by atoms with van der Waals surface area (Å²) in [6, 6.07) is 0. The van der Waals surface area contributed by atoms with Crippen LogP contribution in [0, 0.1) is 22.7 Å². The van der Waals surface area contributed by atoms with Crippen molar-refractivity contribution in [3.8, 4) is 0 Å². The quantitative estimate of drug-likeness (QED) is 0.499. The molecule has 4 nitrogen and oxygen atoms in total. The molecule has 2 aliphatic rings. The lowest BCUT2D eigenvalue weighted by atomic mass is 9.72. The van der Waals surface area contributed by atoms with Gasteiger partial charge in [-0.05, 0) is 35.5 Å². The summed E-state index contributed by atoms with van der Waals surface area (Å²) in [5.41, 5.74) is 0.547. The molecule has 1 saturated heterocycles. The number of carbonyl (C=O) groups is 2. The van der Waals surface area contributed by atoms with Crippen LogP contribution in [-0.4, -0.2) is 36.9 Å². The standard InChI is InChI=1S/C14H26N2O2.C10H20.C2H6/c1-5-13(2,3)9-14(4)6-7-16(10-14)12(18)8-15-11-17;1-9-5-3-7-10(2)8-4-6-9;1-2/h11H,5-10H2,1-4H3,(H,15,17);9-10H,3-8H2,1-2H3;1-2H3. The molecular formula is C26H52N2O2. The van der Waals surface area contributed by atoms with Gasteiger partial charge in [0.25, 0.3) is 0 Å². The molecule has 0 spiro atoms. The summed E-state index contributed by atoms with van der Waals surface area (Å²) in [4.78, 5) is 23.9. The first-order valence-corrected chi connectivity index (χ1v) is 12.6. The second-order valence-corrected chi connectivity index (χ2v) is 10.6. The van der Waals surface area contributed by atoms with E-state index in [1.54, 1.807) is 0 Å². The summed E-state index contributed by atoms with van der Waals surface area (Å²) < 4.78 is 0. The van der Waals surface area contributed by atoms with Crippen LogP contribution in [0.5, 0.6) is 0 Å². The lowest BCUT2D eigenvalue weighted by Gasteiger charge is -2.34. The van der Waals surface area contributed by atoms with Crippen LogP contribution in [0.4, 0.5) is 0 Å². The van der Waals surface area contributed by atoms with Gasteiger partial charge in [-0.1, -0.05) is 100 Å². The van der Waals surface area contributed by atoms with Crippen LogP contribution >= 0.6 is 0 Å². The molecule has 2 rings (SSSR count). The first-order chi connectivity index (χ1) is 14.1. The van der Waals surface area contributed by atoms with Crippen LogP contribution in [0.25, 0.3) is 0 Å². The van der Waals surface area contributed by atoms with Gasteiger partial charge in [0.15, 0.2) is 0 Å². The number of carbonyl (C=O) groups excluding carboxylic acids is 2. The van der Waals surface area contributed by atoms with Gasteiger partial charge in [0.2, 0.25) is 12.3 Å². The van der Waals surface area contributed by atoms with Crippen molar-refractivity contribution in [2.75, 3.05) is 19.6 Å². The van der Waals surface area contributed by atoms with Crippen molar-refractivity contribution < 1.29 is 9.59 Å². The van der Waals surface area contributed by atoms with Crippen LogP contribution in [0.2, 0.25) is 0 Å². The van der Waals surface area contributed by atoms with Gasteiger partial charge in [-0.25, -0.2) is 0 Å². The second kappa shape index (κ2) is 14.9. The van der Waals surface area contributed by atoms with Crippen molar-refractivity contribution in [3.05, 3.63) is 0 Å². The van der Waals surface area contributed by atoms with E-state index < -0.39 is 0 Å². The molecule has 0 aromatic rings. The number of nitrogens with one attached hydrogen (secondary N) is 1. The Morgan fingerprint density at radius 1 is 1.10 bits per heavy atom. The zero-order chi connectivity index (χ0) is 23.2. The molecule has 1 atom stereocenters. The lowest BCUT2D eigenvalue weighted by molar-refractivity contribution is -0.130. The third-order valence-electron chi connectivity index (χ3n) is 6.90. The second-order valence-electron chi connectivity index (χ2n) is 10.6. The number of rotatable bonds is 6. The summed E-state index contributed by atoms with van der Waals surface area (Å²) in [5, 5.41) is 2.44. The fourth-order valence-electron chi connectivity index (χ4n) is 4.82. The highest BCUT2D eigenvalue weighted by Gasteiger charge is 2.39. The monoisotopic (exact) mass is 424 g/mol. The maximum Gasteiger partial charge on any atom is 0.241 e. The van der Waals surface area contributed by atoms with Crippen molar-refractivity contribution in [1.29, 1.82) is 0 Å². The summed E-state index contributed by atoms with van der Waals surface area (Å²) in [5.74, 6) is 2.04. The molecule has 0 aromatic carbocycles. The molecule has 1 saturated carbocycles. The Morgan fingerprint density at radius 2 is 1.60 bits per heavy atom. The molecule has 0 bridgehead atoms. The third-order valence-corrected chi connectivity index (χ3v) is 6.90. The van der Waals surface area contributed by atoms with E-state index in [9.17, 15) is 9.59 Å². The maximum atomic E-state index is 11.8. The van der Waals surface area contributed by atoms with Gasteiger partial charge in [-0.15, -0.1) is 0 Å². The van der Waals surface area contributed by atoms with Gasteiger partial charge in [-0.2, -0.15) is 0 Å². The molecule has 1 N–H and O–H groups in total. The zero-order valence-corrected chi connectivity index (χ0v) is 21.5. The molecule has 178 valence electrons. The van der Waals surface area contributed by atoms with E-state index in [0.29, 0.717) is 11.8 Å². The number of nitrogens with zero attached hydrogens (tertiary/aromatic N) is 1. The maximum absolute atomic E-state index is 11.8. The first kappa shape index (κ1) is 28.9. The SMILES string of the molecule is CC.CC1CCCC(C)CCC1.CCC(C)(C)CC1(C)CCN(C(=O)CNC=O)C1. The molecule has 1 unspecified atom stereocenters. The van der Waals surface area contributed by atoms with Crippen molar-refractivity contribution in [2.24, 2.45) is 22.7 Å². The van der Waals surface area contributed by atoms with Gasteiger partial charge in [0, 0.05) is 13.1 Å². The van der Waals surface area contributed by atoms with Gasteiger partial charge in [0.1, 0.15) is 0 Å². The van der Waals surface area contributed by atoms with Crippen LogP contribution < -0.4 is 5.32 Å². The molecule has 2 fully saturated rings. The van der Waals surface area contributed by atoms with Gasteiger partial charge in [0.05, 0.1) is 6.54 Å². The highest BCUT2D eigenvalue weighted by molar-refractivity contribution is 5.80. The predicted octanol–water partition coefficient (Wildman–Crippen LogP) is 6.44. The fraction of sp³-hybridized carbons (Fsp3) is 0.923. The average molecular weight is 425 g/mol. The van der Waals surface area contributed by atoms with Crippen LogP contribution in [0.3, 0.4) is 0 Å². The number of likely N-dealkylation sites (tertiary alicyclic amines) is 1. The Kier molecular flexibility index (Phi) is 14.3. The predicted molar refractivity (Wildman–Crippen MR) is 129 cm³/mol. The van der Waals surface area contributed by atoms with E-state index in [0.717, 1.165) is 44.2 Å². The fourth-order valence-corrected chi connectivity index (χ4v) is 4.82. The highest BCUT2D eigenvalue weighted by atomic mass is 16.2. The van der Waals surface area contributed by atoms with Gasteiger partial charge >= 0.3 is 0 Å². The lowest BCUT2D eigenvalue weighted by Crippen LogP contribution is -2.38. The number of hydrogen-bond donors (Lipinski definition) is 1. The molecule has 30 heavy (non-hydrogen) atoms.